The highest BCUT2D eigenvalue weighted by atomic mass is 32.1. The van der Waals surface area contributed by atoms with Crippen LogP contribution in [0.25, 0.3) is 15.9 Å². The molecule has 5 nitrogen and oxygen atoms in total. The molecule has 1 atom stereocenters. The number of H-pyrrole nitrogens is 1. The van der Waals surface area contributed by atoms with Gasteiger partial charge >= 0.3 is 5.69 Å². The monoisotopic (exact) mass is 260 g/mol. The number of hydrogen-bond acceptors (Lipinski definition) is 4. The molecule has 1 aliphatic carbocycles. The van der Waals surface area contributed by atoms with Gasteiger partial charge in [0.1, 0.15) is 11.2 Å². The first kappa shape index (κ1) is 10.3. The third-order valence-electron chi connectivity index (χ3n) is 3.74. The summed E-state index contributed by atoms with van der Waals surface area (Å²) in [5, 5.41) is 5.08. The predicted octanol–water partition coefficient (Wildman–Crippen LogP) is 2.07. The summed E-state index contributed by atoms with van der Waals surface area (Å²) in [5.41, 5.74) is 1.86. The van der Waals surface area contributed by atoms with E-state index in [0.717, 1.165) is 16.6 Å². The zero-order chi connectivity index (χ0) is 12.3. The fraction of sp³-hybridized carbons (Fsp3) is 0.417. The molecule has 0 spiro atoms. The van der Waals surface area contributed by atoms with Gasteiger partial charge in [0, 0.05) is 4.88 Å². The van der Waals surface area contributed by atoms with E-state index in [1.165, 1.54) is 34.1 Å². The Balaban J connectivity index is 2.26. The van der Waals surface area contributed by atoms with Gasteiger partial charge in [-0.15, -0.1) is 11.3 Å². The molecule has 3 heterocycles. The van der Waals surface area contributed by atoms with Crippen molar-refractivity contribution in [2.24, 2.45) is 0 Å². The van der Waals surface area contributed by atoms with Gasteiger partial charge in [0.15, 0.2) is 5.65 Å². The van der Waals surface area contributed by atoms with Crippen LogP contribution >= 0.6 is 11.3 Å². The van der Waals surface area contributed by atoms with Crippen molar-refractivity contribution in [3.05, 3.63) is 27.3 Å². The number of rotatable bonds is 0. The molecule has 0 amide bonds. The summed E-state index contributed by atoms with van der Waals surface area (Å²) in [7, 11) is 0. The minimum atomic E-state index is -0.207. The van der Waals surface area contributed by atoms with E-state index in [1.807, 2.05) is 0 Å². The fourth-order valence-electron chi connectivity index (χ4n) is 2.93. The van der Waals surface area contributed by atoms with E-state index in [-0.39, 0.29) is 5.69 Å². The van der Waals surface area contributed by atoms with Gasteiger partial charge < -0.3 is 0 Å². The van der Waals surface area contributed by atoms with E-state index >= 15 is 0 Å². The predicted molar refractivity (Wildman–Crippen MR) is 70.3 cm³/mol. The zero-order valence-corrected chi connectivity index (χ0v) is 10.8. The van der Waals surface area contributed by atoms with E-state index in [2.05, 4.69) is 22.0 Å². The first-order valence-corrected chi connectivity index (χ1v) is 6.94. The first-order chi connectivity index (χ1) is 8.75. The molecular weight excluding hydrogens is 248 g/mol. The number of aryl methyl sites for hydroxylation is 1. The smallest absolute Gasteiger partial charge is 0.297 e. The molecule has 18 heavy (non-hydrogen) atoms. The maximum atomic E-state index is 11.9. The largest absolute Gasteiger partial charge is 0.349 e. The highest BCUT2D eigenvalue weighted by molar-refractivity contribution is 7.19. The summed E-state index contributed by atoms with van der Waals surface area (Å²) in [5.74, 6) is 0.536. The van der Waals surface area contributed by atoms with Crippen molar-refractivity contribution in [1.29, 1.82) is 0 Å². The van der Waals surface area contributed by atoms with Gasteiger partial charge in [-0.3, -0.25) is 4.98 Å². The Morgan fingerprint density at radius 2 is 2.44 bits per heavy atom. The summed E-state index contributed by atoms with van der Waals surface area (Å²) in [6.07, 6.45) is 5.00. The summed E-state index contributed by atoms with van der Waals surface area (Å²) in [6.45, 7) is 2.25. The summed E-state index contributed by atoms with van der Waals surface area (Å²) in [6, 6.07) is 0. The molecule has 0 unspecified atom stereocenters. The first-order valence-electron chi connectivity index (χ1n) is 6.13. The number of fused-ring (bicyclic) bond motifs is 5. The summed E-state index contributed by atoms with van der Waals surface area (Å²) < 4.78 is 1.36. The van der Waals surface area contributed by atoms with Crippen LogP contribution in [0.5, 0.6) is 0 Å². The van der Waals surface area contributed by atoms with Gasteiger partial charge in [-0.1, -0.05) is 6.92 Å². The van der Waals surface area contributed by atoms with Gasteiger partial charge in [-0.25, -0.2) is 9.78 Å². The average Bonchev–Trinajstić information content (AvgIpc) is 2.92. The van der Waals surface area contributed by atoms with Gasteiger partial charge in [-0.2, -0.15) is 9.61 Å². The Morgan fingerprint density at radius 3 is 3.33 bits per heavy atom. The van der Waals surface area contributed by atoms with Crippen molar-refractivity contribution in [3.63, 3.8) is 0 Å². The molecule has 1 N–H and O–H groups in total. The van der Waals surface area contributed by atoms with Crippen LogP contribution < -0.4 is 5.69 Å². The van der Waals surface area contributed by atoms with Crippen LogP contribution in [0.2, 0.25) is 0 Å². The molecule has 1 aliphatic rings. The van der Waals surface area contributed by atoms with Crippen LogP contribution in [-0.2, 0) is 6.42 Å². The Hall–Kier alpha value is -1.69. The standard InChI is InChI=1S/C12H12N4OS/c1-6-3-2-4-7-8(6)9-10-13-5-14-16(10)12(17)15-11(9)18-7/h5-6H,2-4H2,1H3,(H,15,17)/t6-/m0/s1. The molecule has 0 saturated heterocycles. The quantitative estimate of drug-likeness (QED) is 0.673. The number of aromatic nitrogens is 4. The van der Waals surface area contributed by atoms with Crippen LogP contribution in [0, 0.1) is 0 Å². The molecule has 4 rings (SSSR count). The molecular formula is C12H12N4OS. The molecule has 3 aromatic heterocycles. The third-order valence-corrected chi connectivity index (χ3v) is 4.92. The van der Waals surface area contributed by atoms with Gasteiger partial charge in [0.2, 0.25) is 0 Å². The van der Waals surface area contributed by atoms with Crippen molar-refractivity contribution in [2.75, 3.05) is 0 Å². The lowest BCUT2D eigenvalue weighted by molar-refractivity contribution is 0.602. The lowest BCUT2D eigenvalue weighted by Crippen LogP contribution is -2.17. The van der Waals surface area contributed by atoms with Crippen LogP contribution in [0.4, 0.5) is 0 Å². The number of nitrogens with zero attached hydrogens (tertiary/aromatic N) is 3. The van der Waals surface area contributed by atoms with Crippen molar-refractivity contribution in [3.8, 4) is 0 Å². The van der Waals surface area contributed by atoms with Crippen LogP contribution in [0.15, 0.2) is 11.1 Å². The maximum absolute atomic E-state index is 11.9. The second-order valence-electron chi connectivity index (χ2n) is 4.86. The van der Waals surface area contributed by atoms with E-state index in [0.29, 0.717) is 11.6 Å². The van der Waals surface area contributed by atoms with Crippen molar-refractivity contribution in [1.82, 2.24) is 19.6 Å². The molecule has 0 aliphatic heterocycles. The van der Waals surface area contributed by atoms with E-state index in [9.17, 15) is 4.79 Å². The van der Waals surface area contributed by atoms with Crippen LogP contribution in [0.3, 0.4) is 0 Å². The number of thiophene rings is 1. The molecule has 6 heteroatoms. The highest BCUT2D eigenvalue weighted by Gasteiger charge is 2.24. The SMILES string of the molecule is C[C@H]1CCCc2sc3[nH]c(=O)n4ncnc4c3c21. The topological polar surface area (TPSA) is 63.0 Å². The number of aromatic amines is 1. The molecule has 0 saturated carbocycles. The van der Waals surface area contributed by atoms with Crippen LogP contribution in [0.1, 0.15) is 36.1 Å². The van der Waals surface area contributed by atoms with E-state index in [4.69, 9.17) is 0 Å². The van der Waals surface area contributed by atoms with Gasteiger partial charge in [0.25, 0.3) is 0 Å². The molecule has 0 radical (unpaired) electrons. The van der Waals surface area contributed by atoms with Crippen LogP contribution in [-0.4, -0.2) is 19.6 Å². The Kier molecular flexibility index (Phi) is 1.94. The Bertz CT molecular complexity index is 813. The third kappa shape index (κ3) is 1.18. The maximum Gasteiger partial charge on any atom is 0.349 e. The molecule has 0 bridgehead atoms. The number of hydrogen-bond donors (Lipinski definition) is 1. The second-order valence-corrected chi connectivity index (χ2v) is 5.97. The molecule has 92 valence electrons. The fourth-order valence-corrected chi connectivity index (χ4v) is 4.28. The van der Waals surface area contributed by atoms with Crippen molar-refractivity contribution < 1.29 is 0 Å². The second kappa shape index (κ2) is 3.41. The van der Waals surface area contributed by atoms with Crippen molar-refractivity contribution in [2.45, 2.75) is 32.1 Å². The van der Waals surface area contributed by atoms with Gasteiger partial charge in [0.05, 0.1) is 5.39 Å². The average molecular weight is 260 g/mol. The van der Waals surface area contributed by atoms with Crippen molar-refractivity contribution >= 4 is 27.2 Å². The van der Waals surface area contributed by atoms with E-state index in [1.54, 1.807) is 11.3 Å². The minimum absolute atomic E-state index is 0.207. The molecule has 0 aromatic carbocycles. The molecule has 0 fully saturated rings. The molecule has 3 aromatic rings. The van der Waals surface area contributed by atoms with E-state index < -0.39 is 0 Å². The highest BCUT2D eigenvalue weighted by Crippen LogP contribution is 2.41. The summed E-state index contributed by atoms with van der Waals surface area (Å²) in [4.78, 5) is 21.4. The Morgan fingerprint density at radius 1 is 1.56 bits per heavy atom. The van der Waals surface area contributed by atoms with Gasteiger partial charge in [-0.05, 0) is 30.7 Å². The lowest BCUT2D eigenvalue weighted by Gasteiger charge is -2.18. The zero-order valence-electron chi connectivity index (χ0n) is 9.93. The summed E-state index contributed by atoms with van der Waals surface area (Å²) >= 11 is 1.70. The normalized spacial score (nSPS) is 19.5. The Labute approximate surface area is 106 Å². The lowest BCUT2D eigenvalue weighted by atomic mass is 9.87. The minimum Gasteiger partial charge on any atom is -0.297 e. The number of nitrogens with one attached hydrogen (secondary N) is 1.